The molecule has 2 heterocycles. The Balaban J connectivity index is 1.66. The van der Waals surface area contributed by atoms with Crippen molar-refractivity contribution in [2.75, 3.05) is 31.8 Å². The molecule has 0 aromatic heterocycles. The van der Waals surface area contributed by atoms with Gasteiger partial charge in [-0.25, -0.2) is 8.42 Å². The number of nitrogens with zero attached hydrogens (tertiary/aromatic N) is 1. The molecular weight excluding hydrogens is 306 g/mol. The van der Waals surface area contributed by atoms with Gasteiger partial charge in [0, 0.05) is 13.1 Å². The van der Waals surface area contributed by atoms with Crippen LogP contribution in [0.2, 0.25) is 0 Å². The maximum absolute atomic E-state index is 12.3. The van der Waals surface area contributed by atoms with Crippen LogP contribution in [0.5, 0.6) is 11.5 Å². The molecule has 22 heavy (non-hydrogen) atoms. The smallest absolute Gasteiger partial charge is 0.227 e. The standard InChI is InChI=1S/C15H19NO5S/c1-16(12-4-7-22(18,19)10-12)15(17)9-11-2-3-13-14(8-11)21-6-5-20-13/h2-3,8,12H,4-7,9-10H2,1H3/t12-/m1/s1. The van der Waals surface area contributed by atoms with Crippen LogP contribution in [0.3, 0.4) is 0 Å². The number of sulfone groups is 1. The number of likely N-dealkylation sites (N-methyl/N-ethyl adjacent to an activating group) is 1. The van der Waals surface area contributed by atoms with E-state index < -0.39 is 9.84 Å². The molecule has 7 heteroatoms. The van der Waals surface area contributed by atoms with Crippen molar-refractivity contribution in [2.45, 2.75) is 18.9 Å². The summed E-state index contributed by atoms with van der Waals surface area (Å²) >= 11 is 0. The Kier molecular flexibility index (Phi) is 3.99. The van der Waals surface area contributed by atoms with Crippen molar-refractivity contribution in [1.29, 1.82) is 0 Å². The average molecular weight is 325 g/mol. The lowest BCUT2D eigenvalue weighted by molar-refractivity contribution is -0.130. The molecular formula is C15H19NO5S. The van der Waals surface area contributed by atoms with Crippen LogP contribution in [0, 0.1) is 0 Å². The van der Waals surface area contributed by atoms with Crippen LogP contribution in [0.25, 0.3) is 0 Å². The first-order chi connectivity index (χ1) is 10.4. The highest BCUT2D eigenvalue weighted by Gasteiger charge is 2.32. The largest absolute Gasteiger partial charge is 0.486 e. The second kappa shape index (κ2) is 5.79. The highest BCUT2D eigenvalue weighted by molar-refractivity contribution is 7.91. The van der Waals surface area contributed by atoms with Crippen LogP contribution >= 0.6 is 0 Å². The van der Waals surface area contributed by atoms with Gasteiger partial charge >= 0.3 is 0 Å². The summed E-state index contributed by atoms with van der Waals surface area (Å²) in [4.78, 5) is 13.9. The lowest BCUT2D eigenvalue weighted by Crippen LogP contribution is -2.38. The SMILES string of the molecule is CN(C(=O)Cc1ccc2c(c1)OCCO2)[C@@H]1CCS(=O)(=O)C1. The molecule has 1 atom stereocenters. The molecule has 0 N–H and O–H groups in total. The van der Waals surface area contributed by atoms with E-state index in [1.54, 1.807) is 18.0 Å². The first-order valence-corrected chi connectivity index (χ1v) is 9.11. The molecule has 0 spiro atoms. The number of amides is 1. The van der Waals surface area contributed by atoms with Gasteiger partial charge in [0.05, 0.1) is 17.9 Å². The third-order valence-corrected chi connectivity index (χ3v) is 5.86. The Morgan fingerprint density at radius 3 is 2.68 bits per heavy atom. The first-order valence-electron chi connectivity index (χ1n) is 7.29. The molecule has 1 amide bonds. The lowest BCUT2D eigenvalue weighted by atomic mass is 10.1. The summed E-state index contributed by atoms with van der Waals surface area (Å²) in [6, 6.07) is 5.24. The molecule has 0 unspecified atom stereocenters. The number of hydrogen-bond donors (Lipinski definition) is 0. The Bertz CT molecular complexity index is 685. The monoisotopic (exact) mass is 325 g/mol. The summed E-state index contributed by atoms with van der Waals surface area (Å²) in [6.45, 7) is 1.04. The maximum Gasteiger partial charge on any atom is 0.227 e. The van der Waals surface area contributed by atoms with Gasteiger partial charge in [0.1, 0.15) is 13.2 Å². The Morgan fingerprint density at radius 2 is 2.00 bits per heavy atom. The number of ether oxygens (including phenoxy) is 2. The molecule has 0 radical (unpaired) electrons. The summed E-state index contributed by atoms with van der Waals surface area (Å²) in [5.74, 6) is 1.49. The Hall–Kier alpha value is -1.76. The van der Waals surface area contributed by atoms with Crippen LogP contribution in [0.15, 0.2) is 18.2 Å². The van der Waals surface area contributed by atoms with E-state index in [4.69, 9.17) is 9.47 Å². The van der Waals surface area contributed by atoms with Gasteiger partial charge in [-0.1, -0.05) is 6.07 Å². The van der Waals surface area contributed by atoms with Crippen molar-refractivity contribution < 1.29 is 22.7 Å². The molecule has 1 fully saturated rings. The number of hydrogen-bond acceptors (Lipinski definition) is 5. The second-order valence-electron chi connectivity index (χ2n) is 5.72. The quantitative estimate of drug-likeness (QED) is 0.816. The van der Waals surface area contributed by atoms with Crippen LogP contribution in [0.1, 0.15) is 12.0 Å². The zero-order chi connectivity index (χ0) is 15.7. The highest BCUT2D eigenvalue weighted by Crippen LogP contribution is 2.31. The van der Waals surface area contributed by atoms with Crippen LogP contribution in [-0.4, -0.2) is 57.0 Å². The van der Waals surface area contributed by atoms with Gasteiger partial charge in [-0.3, -0.25) is 4.79 Å². The predicted molar refractivity (Wildman–Crippen MR) is 81.0 cm³/mol. The number of fused-ring (bicyclic) bond motifs is 1. The van der Waals surface area contributed by atoms with Gasteiger partial charge in [-0.15, -0.1) is 0 Å². The van der Waals surface area contributed by atoms with E-state index in [-0.39, 0.29) is 29.9 Å². The molecule has 1 aromatic rings. The van der Waals surface area contributed by atoms with E-state index in [2.05, 4.69) is 0 Å². The zero-order valence-electron chi connectivity index (χ0n) is 12.4. The third kappa shape index (κ3) is 3.19. The lowest BCUT2D eigenvalue weighted by Gasteiger charge is -2.24. The third-order valence-electron chi connectivity index (χ3n) is 4.11. The van der Waals surface area contributed by atoms with Crippen molar-refractivity contribution in [1.82, 2.24) is 4.90 Å². The van der Waals surface area contributed by atoms with Gasteiger partial charge in [0.15, 0.2) is 21.3 Å². The van der Waals surface area contributed by atoms with E-state index >= 15 is 0 Å². The fourth-order valence-electron chi connectivity index (χ4n) is 2.78. The minimum absolute atomic E-state index is 0.0659. The summed E-state index contributed by atoms with van der Waals surface area (Å²) in [7, 11) is -1.32. The predicted octanol–water partition coefficient (Wildman–Crippen LogP) is 0.646. The van der Waals surface area contributed by atoms with E-state index in [0.29, 0.717) is 31.1 Å². The van der Waals surface area contributed by atoms with Crippen molar-refractivity contribution in [3.8, 4) is 11.5 Å². The maximum atomic E-state index is 12.3. The van der Waals surface area contributed by atoms with Gasteiger partial charge in [-0.2, -0.15) is 0 Å². The number of carbonyl (C=O) groups excluding carboxylic acids is 1. The summed E-state index contributed by atoms with van der Waals surface area (Å²) in [6.07, 6.45) is 0.745. The minimum Gasteiger partial charge on any atom is -0.486 e. The van der Waals surface area contributed by atoms with Crippen molar-refractivity contribution in [2.24, 2.45) is 0 Å². The number of carbonyl (C=O) groups is 1. The summed E-state index contributed by atoms with van der Waals surface area (Å²) in [5, 5.41) is 0. The molecule has 0 saturated carbocycles. The molecule has 120 valence electrons. The normalized spacial score (nSPS) is 22.3. The molecule has 1 aromatic carbocycles. The first kappa shape index (κ1) is 15.1. The summed E-state index contributed by atoms with van der Waals surface area (Å²) in [5.41, 5.74) is 0.835. The molecule has 0 aliphatic carbocycles. The number of rotatable bonds is 3. The van der Waals surface area contributed by atoms with Crippen LogP contribution < -0.4 is 9.47 Å². The van der Waals surface area contributed by atoms with Crippen molar-refractivity contribution >= 4 is 15.7 Å². The molecule has 1 saturated heterocycles. The van der Waals surface area contributed by atoms with Gasteiger partial charge in [-0.05, 0) is 24.1 Å². The zero-order valence-corrected chi connectivity index (χ0v) is 13.3. The van der Waals surface area contributed by atoms with Gasteiger partial charge in [0.2, 0.25) is 5.91 Å². The highest BCUT2D eigenvalue weighted by atomic mass is 32.2. The van der Waals surface area contributed by atoms with Crippen molar-refractivity contribution in [3.63, 3.8) is 0 Å². The molecule has 3 rings (SSSR count). The number of benzene rings is 1. The minimum atomic E-state index is -2.99. The summed E-state index contributed by atoms with van der Waals surface area (Å²) < 4.78 is 34.0. The van der Waals surface area contributed by atoms with Gasteiger partial charge < -0.3 is 14.4 Å². The van der Waals surface area contributed by atoms with Gasteiger partial charge in [0.25, 0.3) is 0 Å². The molecule has 6 nitrogen and oxygen atoms in total. The van der Waals surface area contributed by atoms with E-state index in [1.165, 1.54) is 0 Å². The molecule has 2 aliphatic heterocycles. The van der Waals surface area contributed by atoms with Crippen LogP contribution in [-0.2, 0) is 21.1 Å². The Morgan fingerprint density at radius 1 is 1.27 bits per heavy atom. The fourth-order valence-corrected chi connectivity index (χ4v) is 4.56. The molecule has 2 aliphatic rings. The molecule has 0 bridgehead atoms. The Labute approximate surface area is 129 Å². The second-order valence-corrected chi connectivity index (χ2v) is 7.95. The topological polar surface area (TPSA) is 72.9 Å². The van der Waals surface area contributed by atoms with Crippen molar-refractivity contribution in [3.05, 3.63) is 23.8 Å². The van der Waals surface area contributed by atoms with E-state index in [9.17, 15) is 13.2 Å². The van der Waals surface area contributed by atoms with Crippen LogP contribution in [0.4, 0.5) is 0 Å². The van der Waals surface area contributed by atoms with E-state index in [1.807, 2.05) is 12.1 Å². The average Bonchev–Trinajstić information content (AvgIpc) is 2.86. The van der Waals surface area contributed by atoms with E-state index in [0.717, 1.165) is 5.56 Å². The fraction of sp³-hybridized carbons (Fsp3) is 0.533.